The lowest BCUT2D eigenvalue weighted by Gasteiger charge is -2.05. The molecular formula is C9H11N3O5. The molecule has 0 aromatic carbocycles. The minimum Gasteiger partial charge on any atom is -0.478 e. The van der Waals surface area contributed by atoms with E-state index in [-0.39, 0.29) is 17.1 Å². The van der Waals surface area contributed by atoms with E-state index in [2.05, 4.69) is 10.3 Å². The van der Waals surface area contributed by atoms with Crippen LogP contribution in [-0.4, -0.2) is 41.2 Å². The van der Waals surface area contributed by atoms with Crippen LogP contribution < -0.4 is 5.32 Å². The zero-order valence-corrected chi connectivity index (χ0v) is 9.04. The maximum absolute atomic E-state index is 10.7. The summed E-state index contributed by atoms with van der Waals surface area (Å²) in [5.41, 5.74) is -0.602. The second-order valence-corrected chi connectivity index (χ2v) is 3.07. The first kappa shape index (κ1) is 12.8. The van der Waals surface area contributed by atoms with Gasteiger partial charge in [0.05, 0.1) is 17.1 Å². The number of hydrogen-bond donors (Lipinski definition) is 2. The first-order valence-electron chi connectivity index (χ1n) is 4.66. The molecule has 8 nitrogen and oxygen atoms in total. The zero-order chi connectivity index (χ0) is 12.8. The number of rotatable bonds is 6. The van der Waals surface area contributed by atoms with E-state index in [1.165, 1.54) is 7.11 Å². The molecule has 0 aliphatic carbocycles. The summed E-state index contributed by atoms with van der Waals surface area (Å²) in [6.07, 6.45) is 1.06. The van der Waals surface area contributed by atoms with E-state index in [0.29, 0.717) is 13.2 Å². The Morgan fingerprint density at radius 3 is 2.94 bits per heavy atom. The van der Waals surface area contributed by atoms with E-state index >= 15 is 0 Å². The highest BCUT2D eigenvalue weighted by Gasteiger charge is 2.18. The van der Waals surface area contributed by atoms with Crippen molar-refractivity contribution < 1.29 is 19.6 Å². The Balaban J connectivity index is 2.96. The molecule has 0 amide bonds. The second-order valence-electron chi connectivity index (χ2n) is 3.07. The molecule has 0 bridgehead atoms. The Labute approximate surface area is 96.4 Å². The summed E-state index contributed by atoms with van der Waals surface area (Å²) in [7, 11) is 1.50. The number of nitrogens with zero attached hydrogens (tertiary/aromatic N) is 2. The van der Waals surface area contributed by atoms with Gasteiger partial charge >= 0.3 is 11.7 Å². The van der Waals surface area contributed by atoms with Crippen LogP contribution in [0.4, 0.5) is 11.5 Å². The SMILES string of the molecule is COCCNc1ncc(C(=O)O)cc1[N+](=O)[O-]. The molecule has 0 radical (unpaired) electrons. The molecule has 92 valence electrons. The van der Waals surface area contributed by atoms with Crippen LogP contribution in [0.5, 0.6) is 0 Å². The molecule has 17 heavy (non-hydrogen) atoms. The summed E-state index contributed by atoms with van der Waals surface area (Å²) < 4.78 is 4.77. The third-order valence-electron chi connectivity index (χ3n) is 1.91. The average molecular weight is 241 g/mol. The standard InChI is InChI=1S/C9H11N3O5/c1-17-3-2-10-8-7(12(15)16)4-6(5-11-8)9(13)14/h4-5H,2-3H2,1H3,(H,10,11)(H,13,14). The molecule has 0 unspecified atom stereocenters. The van der Waals surface area contributed by atoms with Crippen molar-refractivity contribution in [2.24, 2.45) is 0 Å². The van der Waals surface area contributed by atoms with Crippen molar-refractivity contribution in [3.63, 3.8) is 0 Å². The Morgan fingerprint density at radius 2 is 2.41 bits per heavy atom. The number of carbonyl (C=O) groups is 1. The maximum atomic E-state index is 10.7. The summed E-state index contributed by atoms with van der Waals surface area (Å²) in [4.78, 5) is 24.4. The van der Waals surface area contributed by atoms with Crippen LogP contribution in [0.15, 0.2) is 12.3 Å². The largest absolute Gasteiger partial charge is 0.478 e. The zero-order valence-electron chi connectivity index (χ0n) is 9.04. The number of nitro groups is 1. The molecule has 2 N–H and O–H groups in total. The van der Waals surface area contributed by atoms with Gasteiger partial charge in [-0.2, -0.15) is 0 Å². The van der Waals surface area contributed by atoms with Crippen molar-refractivity contribution in [2.75, 3.05) is 25.6 Å². The van der Waals surface area contributed by atoms with Gasteiger partial charge in [-0.1, -0.05) is 0 Å². The highest BCUT2D eigenvalue weighted by Crippen LogP contribution is 2.22. The van der Waals surface area contributed by atoms with Gasteiger partial charge in [0.25, 0.3) is 0 Å². The monoisotopic (exact) mass is 241 g/mol. The average Bonchev–Trinajstić information content (AvgIpc) is 2.29. The second kappa shape index (κ2) is 5.75. The molecule has 1 aromatic rings. The van der Waals surface area contributed by atoms with Gasteiger partial charge in [0, 0.05) is 25.9 Å². The van der Waals surface area contributed by atoms with Crippen LogP contribution in [0.3, 0.4) is 0 Å². The number of aromatic carboxylic acids is 1. The fourth-order valence-electron chi connectivity index (χ4n) is 1.12. The summed E-state index contributed by atoms with van der Waals surface area (Å²) in [6.45, 7) is 0.705. The highest BCUT2D eigenvalue weighted by molar-refractivity contribution is 5.88. The lowest BCUT2D eigenvalue weighted by molar-refractivity contribution is -0.384. The predicted molar refractivity (Wildman–Crippen MR) is 58.2 cm³/mol. The van der Waals surface area contributed by atoms with Crippen LogP contribution in [0.25, 0.3) is 0 Å². The number of carboxylic acid groups (broad SMARTS) is 1. The van der Waals surface area contributed by atoms with Gasteiger partial charge in [0.2, 0.25) is 5.82 Å². The van der Waals surface area contributed by atoms with E-state index in [0.717, 1.165) is 12.3 Å². The van der Waals surface area contributed by atoms with Gasteiger partial charge in [-0.05, 0) is 0 Å². The Hall–Kier alpha value is -2.22. The van der Waals surface area contributed by atoms with Crippen molar-refractivity contribution in [3.05, 3.63) is 27.9 Å². The Bertz CT molecular complexity index is 435. The van der Waals surface area contributed by atoms with Gasteiger partial charge in [-0.25, -0.2) is 9.78 Å². The number of nitrogens with one attached hydrogen (secondary N) is 1. The lowest BCUT2D eigenvalue weighted by atomic mass is 10.2. The molecule has 0 saturated heterocycles. The van der Waals surface area contributed by atoms with Crippen LogP contribution in [0.2, 0.25) is 0 Å². The Kier molecular flexibility index (Phi) is 4.35. The molecule has 8 heteroatoms. The summed E-state index contributed by atoms with van der Waals surface area (Å²) in [5.74, 6) is -1.24. The van der Waals surface area contributed by atoms with Gasteiger partial charge in [-0.3, -0.25) is 10.1 Å². The minimum absolute atomic E-state index is 0.0250. The van der Waals surface area contributed by atoms with Crippen LogP contribution in [0, 0.1) is 10.1 Å². The molecule has 0 saturated carbocycles. The van der Waals surface area contributed by atoms with Crippen LogP contribution >= 0.6 is 0 Å². The highest BCUT2D eigenvalue weighted by atomic mass is 16.6. The molecule has 1 aromatic heterocycles. The normalized spacial score (nSPS) is 9.94. The van der Waals surface area contributed by atoms with E-state index in [9.17, 15) is 14.9 Å². The quantitative estimate of drug-likeness (QED) is 0.429. The first-order valence-corrected chi connectivity index (χ1v) is 4.66. The summed E-state index contributed by atoms with van der Waals surface area (Å²) >= 11 is 0. The Morgan fingerprint density at radius 1 is 1.71 bits per heavy atom. The van der Waals surface area contributed by atoms with Gasteiger partial charge < -0.3 is 15.2 Å². The van der Waals surface area contributed by atoms with Gasteiger partial charge in [0.15, 0.2) is 0 Å². The summed E-state index contributed by atoms with van der Waals surface area (Å²) in [6, 6.07) is 0.963. The number of aromatic nitrogens is 1. The number of hydrogen-bond acceptors (Lipinski definition) is 6. The molecule has 0 atom stereocenters. The van der Waals surface area contributed by atoms with E-state index in [4.69, 9.17) is 9.84 Å². The van der Waals surface area contributed by atoms with E-state index in [1.807, 2.05) is 0 Å². The fourth-order valence-corrected chi connectivity index (χ4v) is 1.12. The van der Waals surface area contributed by atoms with E-state index < -0.39 is 10.9 Å². The molecular weight excluding hydrogens is 230 g/mol. The van der Waals surface area contributed by atoms with Gasteiger partial charge in [0.1, 0.15) is 0 Å². The molecule has 0 aliphatic rings. The van der Waals surface area contributed by atoms with Crippen molar-refractivity contribution in [2.45, 2.75) is 0 Å². The number of methoxy groups -OCH3 is 1. The number of anilines is 1. The van der Waals surface area contributed by atoms with Crippen molar-refractivity contribution in [1.82, 2.24) is 4.98 Å². The minimum atomic E-state index is -1.26. The number of pyridine rings is 1. The topological polar surface area (TPSA) is 115 Å². The maximum Gasteiger partial charge on any atom is 0.337 e. The molecule has 0 spiro atoms. The van der Waals surface area contributed by atoms with Crippen LogP contribution in [-0.2, 0) is 4.74 Å². The molecule has 0 fully saturated rings. The fraction of sp³-hybridized carbons (Fsp3) is 0.333. The van der Waals surface area contributed by atoms with Gasteiger partial charge in [-0.15, -0.1) is 0 Å². The predicted octanol–water partition coefficient (Wildman–Crippen LogP) is 0.746. The van der Waals surface area contributed by atoms with Crippen molar-refractivity contribution in [3.8, 4) is 0 Å². The third kappa shape index (κ3) is 3.38. The van der Waals surface area contributed by atoms with Crippen LogP contribution in [0.1, 0.15) is 10.4 Å². The van der Waals surface area contributed by atoms with E-state index in [1.54, 1.807) is 0 Å². The first-order chi connectivity index (χ1) is 8.06. The molecule has 1 rings (SSSR count). The number of carboxylic acids is 1. The molecule has 0 aliphatic heterocycles. The number of ether oxygens (including phenoxy) is 1. The molecule has 1 heterocycles. The lowest BCUT2D eigenvalue weighted by Crippen LogP contribution is -2.11. The third-order valence-corrected chi connectivity index (χ3v) is 1.91. The van der Waals surface area contributed by atoms with Crippen molar-refractivity contribution >= 4 is 17.5 Å². The summed E-state index contributed by atoms with van der Waals surface area (Å²) in [5, 5.41) is 22.1. The smallest absolute Gasteiger partial charge is 0.337 e. The van der Waals surface area contributed by atoms with Crippen molar-refractivity contribution in [1.29, 1.82) is 0 Å².